The molecule has 3 N–H and O–H groups in total. The van der Waals surface area contributed by atoms with Crippen LogP contribution in [0.1, 0.15) is 23.2 Å². The summed E-state index contributed by atoms with van der Waals surface area (Å²) in [5.74, 6) is -0.938. The summed E-state index contributed by atoms with van der Waals surface area (Å²) in [4.78, 5) is 14.8. The first-order valence-electron chi connectivity index (χ1n) is 5.40. The van der Waals surface area contributed by atoms with E-state index in [9.17, 15) is 4.79 Å². The molecule has 0 spiro atoms. The highest BCUT2D eigenvalue weighted by Crippen LogP contribution is 2.23. The topological polar surface area (TPSA) is 94.7 Å². The number of nitrogens with zero attached hydrogens (tertiary/aromatic N) is 1. The maximum atomic E-state index is 10.8. The van der Waals surface area contributed by atoms with E-state index in [-0.39, 0.29) is 23.2 Å². The first-order chi connectivity index (χ1) is 8.18. The number of anilines is 1. The lowest BCUT2D eigenvalue weighted by Crippen LogP contribution is -2.18. The quantitative estimate of drug-likeness (QED) is 0.809. The van der Waals surface area contributed by atoms with Crippen LogP contribution in [0.5, 0.6) is 5.88 Å². The van der Waals surface area contributed by atoms with Crippen molar-refractivity contribution >= 4 is 11.7 Å². The van der Waals surface area contributed by atoms with Gasteiger partial charge in [0.15, 0.2) is 0 Å². The fourth-order valence-electron chi connectivity index (χ4n) is 1.70. The first-order valence-corrected chi connectivity index (χ1v) is 5.40. The number of pyridine rings is 1. The SMILES string of the molecule is Nc1c(C(=O)O)ccnc1OCC1CCCO1. The second-order valence-corrected chi connectivity index (χ2v) is 3.83. The molecule has 2 heterocycles. The van der Waals surface area contributed by atoms with Crippen LogP contribution in [-0.2, 0) is 4.74 Å². The lowest BCUT2D eigenvalue weighted by molar-refractivity contribution is 0.0661. The van der Waals surface area contributed by atoms with Crippen molar-refractivity contribution in [3.8, 4) is 5.88 Å². The number of carboxylic acids is 1. The first kappa shape index (κ1) is 11.7. The zero-order chi connectivity index (χ0) is 12.3. The van der Waals surface area contributed by atoms with E-state index in [1.165, 1.54) is 12.3 Å². The summed E-state index contributed by atoms with van der Waals surface area (Å²) < 4.78 is 10.8. The number of hydrogen-bond acceptors (Lipinski definition) is 5. The molecule has 6 heteroatoms. The van der Waals surface area contributed by atoms with Crippen molar-refractivity contribution in [1.82, 2.24) is 4.98 Å². The number of ether oxygens (including phenoxy) is 2. The van der Waals surface area contributed by atoms with Crippen molar-refractivity contribution in [2.45, 2.75) is 18.9 Å². The van der Waals surface area contributed by atoms with Gasteiger partial charge in [-0.2, -0.15) is 0 Å². The van der Waals surface area contributed by atoms with E-state index in [1.54, 1.807) is 0 Å². The number of aromatic carboxylic acids is 1. The van der Waals surface area contributed by atoms with E-state index in [0.717, 1.165) is 19.4 Å². The Hall–Kier alpha value is -1.82. The Labute approximate surface area is 98.4 Å². The van der Waals surface area contributed by atoms with Gasteiger partial charge in [-0.05, 0) is 18.9 Å². The molecule has 1 aliphatic rings. The number of carbonyl (C=O) groups is 1. The lowest BCUT2D eigenvalue weighted by atomic mass is 10.2. The van der Waals surface area contributed by atoms with Crippen LogP contribution in [-0.4, -0.2) is 35.4 Å². The summed E-state index contributed by atoms with van der Waals surface area (Å²) in [7, 11) is 0. The third kappa shape index (κ3) is 2.65. The molecule has 1 fully saturated rings. The molecule has 92 valence electrons. The molecule has 0 bridgehead atoms. The number of nitrogens with two attached hydrogens (primary N) is 1. The highest BCUT2D eigenvalue weighted by atomic mass is 16.5. The Morgan fingerprint density at radius 1 is 1.71 bits per heavy atom. The molecule has 1 saturated heterocycles. The molecule has 1 aromatic heterocycles. The van der Waals surface area contributed by atoms with E-state index in [4.69, 9.17) is 20.3 Å². The Kier molecular flexibility index (Phi) is 3.43. The predicted octanol–water partition coefficient (Wildman–Crippen LogP) is 0.920. The summed E-state index contributed by atoms with van der Waals surface area (Å²) in [6.45, 7) is 1.09. The molecule has 2 rings (SSSR count). The van der Waals surface area contributed by atoms with Gasteiger partial charge in [0, 0.05) is 12.8 Å². The Balaban J connectivity index is 2.04. The van der Waals surface area contributed by atoms with Crippen molar-refractivity contribution < 1.29 is 19.4 Å². The standard InChI is InChI=1S/C11H14N2O4/c12-9-8(11(14)15)3-4-13-10(9)17-6-7-2-1-5-16-7/h3-4,7H,1-2,5-6,12H2,(H,14,15). The largest absolute Gasteiger partial charge is 0.478 e. The van der Waals surface area contributed by atoms with Crippen molar-refractivity contribution in [3.05, 3.63) is 17.8 Å². The average Bonchev–Trinajstić information content (AvgIpc) is 2.80. The van der Waals surface area contributed by atoms with E-state index < -0.39 is 5.97 Å². The minimum Gasteiger partial charge on any atom is -0.478 e. The average molecular weight is 238 g/mol. The summed E-state index contributed by atoms with van der Waals surface area (Å²) >= 11 is 0. The van der Waals surface area contributed by atoms with Gasteiger partial charge in [-0.1, -0.05) is 0 Å². The monoisotopic (exact) mass is 238 g/mol. The molecule has 1 unspecified atom stereocenters. The minimum absolute atomic E-state index is 0.00217. The van der Waals surface area contributed by atoms with Crippen molar-refractivity contribution in [1.29, 1.82) is 0 Å². The van der Waals surface area contributed by atoms with Gasteiger partial charge in [0.2, 0.25) is 5.88 Å². The van der Waals surface area contributed by atoms with Gasteiger partial charge in [0.25, 0.3) is 0 Å². The van der Waals surface area contributed by atoms with Crippen molar-refractivity contribution in [3.63, 3.8) is 0 Å². The molecule has 0 radical (unpaired) electrons. The number of carboxylic acid groups (broad SMARTS) is 1. The van der Waals surface area contributed by atoms with Crippen molar-refractivity contribution in [2.24, 2.45) is 0 Å². The molecule has 0 aromatic carbocycles. The van der Waals surface area contributed by atoms with Crippen LogP contribution in [0.4, 0.5) is 5.69 Å². The minimum atomic E-state index is -1.09. The maximum absolute atomic E-state index is 10.8. The van der Waals surface area contributed by atoms with Gasteiger partial charge in [0.05, 0.1) is 11.7 Å². The lowest BCUT2D eigenvalue weighted by Gasteiger charge is -2.12. The second kappa shape index (κ2) is 5.01. The van der Waals surface area contributed by atoms with Gasteiger partial charge in [0.1, 0.15) is 12.3 Å². The zero-order valence-corrected chi connectivity index (χ0v) is 9.26. The Bertz CT molecular complexity index is 416. The Morgan fingerprint density at radius 2 is 2.53 bits per heavy atom. The molecule has 17 heavy (non-hydrogen) atoms. The molecular formula is C11H14N2O4. The number of nitrogen functional groups attached to an aromatic ring is 1. The number of aromatic nitrogens is 1. The molecule has 6 nitrogen and oxygen atoms in total. The summed E-state index contributed by atoms with van der Waals surface area (Å²) in [6.07, 6.45) is 3.37. The molecular weight excluding hydrogens is 224 g/mol. The van der Waals surface area contributed by atoms with E-state index in [1.807, 2.05) is 0 Å². The maximum Gasteiger partial charge on any atom is 0.338 e. The summed E-state index contributed by atoms with van der Waals surface area (Å²) in [6, 6.07) is 1.34. The molecule has 1 aliphatic heterocycles. The van der Waals surface area contributed by atoms with E-state index >= 15 is 0 Å². The third-order valence-electron chi connectivity index (χ3n) is 2.61. The normalized spacial score (nSPS) is 19.2. The number of rotatable bonds is 4. The molecule has 0 aliphatic carbocycles. The molecule has 1 aromatic rings. The molecule has 1 atom stereocenters. The van der Waals surface area contributed by atoms with Gasteiger partial charge in [-0.3, -0.25) is 0 Å². The highest BCUT2D eigenvalue weighted by molar-refractivity contribution is 5.94. The fourth-order valence-corrected chi connectivity index (χ4v) is 1.70. The van der Waals surface area contributed by atoms with Crippen LogP contribution in [0.25, 0.3) is 0 Å². The Morgan fingerprint density at radius 3 is 3.18 bits per heavy atom. The van der Waals surface area contributed by atoms with Gasteiger partial charge < -0.3 is 20.3 Å². The van der Waals surface area contributed by atoms with E-state index in [0.29, 0.717) is 6.61 Å². The van der Waals surface area contributed by atoms with Crippen LogP contribution in [0.2, 0.25) is 0 Å². The van der Waals surface area contributed by atoms with Gasteiger partial charge in [-0.25, -0.2) is 9.78 Å². The molecule has 0 amide bonds. The highest BCUT2D eigenvalue weighted by Gasteiger charge is 2.18. The molecule has 0 saturated carbocycles. The van der Waals surface area contributed by atoms with Crippen LogP contribution in [0.15, 0.2) is 12.3 Å². The second-order valence-electron chi connectivity index (χ2n) is 3.83. The fraction of sp³-hybridized carbons (Fsp3) is 0.455. The van der Waals surface area contributed by atoms with Gasteiger partial charge >= 0.3 is 5.97 Å². The number of hydrogen-bond donors (Lipinski definition) is 2. The summed E-state index contributed by atoms with van der Waals surface area (Å²) in [5, 5.41) is 8.88. The van der Waals surface area contributed by atoms with Gasteiger partial charge in [-0.15, -0.1) is 0 Å². The predicted molar refractivity (Wildman–Crippen MR) is 60.1 cm³/mol. The smallest absolute Gasteiger partial charge is 0.338 e. The van der Waals surface area contributed by atoms with Crippen LogP contribution in [0, 0.1) is 0 Å². The van der Waals surface area contributed by atoms with Crippen LogP contribution < -0.4 is 10.5 Å². The van der Waals surface area contributed by atoms with Crippen LogP contribution in [0.3, 0.4) is 0 Å². The zero-order valence-electron chi connectivity index (χ0n) is 9.26. The third-order valence-corrected chi connectivity index (χ3v) is 2.61. The summed E-state index contributed by atoms with van der Waals surface area (Å²) in [5.41, 5.74) is 5.72. The van der Waals surface area contributed by atoms with Crippen LogP contribution >= 0.6 is 0 Å². The van der Waals surface area contributed by atoms with Crippen molar-refractivity contribution in [2.75, 3.05) is 18.9 Å². The van der Waals surface area contributed by atoms with E-state index in [2.05, 4.69) is 4.98 Å².